The molecule has 1 aliphatic rings. The smallest absolute Gasteiger partial charge is 0.122 e. The third kappa shape index (κ3) is 5.39. The fourth-order valence-electron chi connectivity index (χ4n) is 1.60. The van der Waals surface area contributed by atoms with Gasteiger partial charge in [-0.05, 0) is 25.9 Å². The number of rotatable bonds is 7. The number of hydrogen-bond acceptors (Lipinski definition) is 2. The standard InChI is InChI=1S/C11H22Cl2N2/c1-9(2)7-14-4-5-15(3)8-10-6-11(10,12)13/h9-10,14H,4-8H2,1-3H3. The molecule has 1 atom stereocenters. The lowest BCUT2D eigenvalue weighted by molar-refractivity contribution is 0.315. The summed E-state index contributed by atoms with van der Waals surface area (Å²) in [6, 6.07) is 0. The van der Waals surface area contributed by atoms with E-state index in [9.17, 15) is 0 Å². The van der Waals surface area contributed by atoms with Gasteiger partial charge in [0.05, 0.1) is 0 Å². The summed E-state index contributed by atoms with van der Waals surface area (Å²) < 4.78 is -0.431. The Kier molecular flexibility index (Phi) is 5.17. The van der Waals surface area contributed by atoms with E-state index in [4.69, 9.17) is 23.2 Å². The van der Waals surface area contributed by atoms with Crippen molar-refractivity contribution in [3.63, 3.8) is 0 Å². The average Bonchev–Trinajstić information content (AvgIpc) is 2.67. The second-order valence-corrected chi connectivity index (χ2v) is 6.56. The Balaban J connectivity index is 1.97. The van der Waals surface area contributed by atoms with Crippen molar-refractivity contribution in [1.82, 2.24) is 10.2 Å². The first kappa shape index (κ1) is 13.6. The maximum atomic E-state index is 5.98. The minimum Gasteiger partial charge on any atom is -0.315 e. The van der Waals surface area contributed by atoms with E-state index in [2.05, 4.69) is 31.1 Å². The Morgan fingerprint density at radius 3 is 2.53 bits per heavy atom. The van der Waals surface area contributed by atoms with Crippen molar-refractivity contribution in [3.05, 3.63) is 0 Å². The first-order valence-corrected chi connectivity index (χ1v) is 6.44. The van der Waals surface area contributed by atoms with Gasteiger partial charge in [0, 0.05) is 25.6 Å². The van der Waals surface area contributed by atoms with Crippen LogP contribution < -0.4 is 5.32 Å². The summed E-state index contributed by atoms with van der Waals surface area (Å²) in [6.07, 6.45) is 0.944. The Morgan fingerprint density at radius 1 is 1.47 bits per heavy atom. The maximum absolute atomic E-state index is 5.98. The molecule has 0 aromatic carbocycles. The normalized spacial score (nSPS) is 23.8. The molecular formula is C11H22Cl2N2. The van der Waals surface area contributed by atoms with Crippen LogP contribution in [0.3, 0.4) is 0 Å². The molecule has 90 valence electrons. The molecule has 0 amide bonds. The molecule has 0 aromatic heterocycles. The van der Waals surface area contributed by atoms with E-state index in [0.29, 0.717) is 5.92 Å². The van der Waals surface area contributed by atoms with Gasteiger partial charge in [0.15, 0.2) is 0 Å². The minimum absolute atomic E-state index is 0.431. The molecule has 1 N–H and O–H groups in total. The van der Waals surface area contributed by atoms with Crippen LogP contribution in [0.1, 0.15) is 20.3 Å². The fourth-order valence-corrected chi connectivity index (χ4v) is 2.11. The first-order valence-electron chi connectivity index (χ1n) is 5.69. The molecule has 2 nitrogen and oxygen atoms in total. The van der Waals surface area contributed by atoms with Gasteiger partial charge in [-0.15, -0.1) is 23.2 Å². The molecule has 1 rings (SSSR count). The monoisotopic (exact) mass is 252 g/mol. The molecule has 0 saturated heterocycles. The third-order valence-electron chi connectivity index (χ3n) is 2.71. The maximum Gasteiger partial charge on any atom is 0.122 e. The van der Waals surface area contributed by atoms with Crippen LogP contribution in [0.2, 0.25) is 0 Å². The lowest BCUT2D eigenvalue weighted by Gasteiger charge is -2.17. The van der Waals surface area contributed by atoms with Gasteiger partial charge >= 0.3 is 0 Å². The van der Waals surface area contributed by atoms with E-state index in [1.54, 1.807) is 0 Å². The molecule has 0 spiro atoms. The van der Waals surface area contributed by atoms with Crippen LogP contribution in [-0.4, -0.2) is 42.5 Å². The Morgan fingerprint density at radius 2 is 2.07 bits per heavy atom. The molecular weight excluding hydrogens is 231 g/mol. The second kappa shape index (κ2) is 5.72. The molecule has 0 heterocycles. The summed E-state index contributed by atoms with van der Waals surface area (Å²) in [7, 11) is 2.12. The molecule has 0 aliphatic heterocycles. The molecule has 0 radical (unpaired) electrons. The van der Waals surface area contributed by atoms with Gasteiger partial charge < -0.3 is 10.2 Å². The van der Waals surface area contributed by atoms with E-state index in [1.807, 2.05) is 0 Å². The van der Waals surface area contributed by atoms with Crippen molar-refractivity contribution in [2.24, 2.45) is 11.8 Å². The van der Waals surface area contributed by atoms with Gasteiger partial charge in [0.1, 0.15) is 4.33 Å². The van der Waals surface area contributed by atoms with Crippen LogP contribution in [0.4, 0.5) is 0 Å². The van der Waals surface area contributed by atoms with Crippen LogP contribution in [0.5, 0.6) is 0 Å². The Labute approximate surface area is 103 Å². The second-order valence-electron chi connectivity index (χ2n) is 5.02. The molecule has 1 fully saturated rings. The molecule has 1 aliphatic carbocycles. The van der Waals surface area contributed by atoms with Crippen molar-refractivity contribution in [3.8, 4) is 0 Å². The quantitative estimate of drug-likeness (QED) is 0.553. The number of likely N-dealkylation sites (N-methyl/N-ethyl adjacent to an activating group) is 1. The molecule has 0 bridgehead atoms. The van der Waals surface area contributed by atoms with Gasteiger partial charge in [0.2, 0.25) is 0 Å². The zero-order valence-corrected chi connectivity index (χ0v) is 11.4. The summed E-state index contributed by atoms with van der Waals surface area (Å²) in [4.78, 5) is 2.30. The van der Waals surface area contributed by atoms with Crippen LogP contribution in [0.15, 0.2) is 0 Å². The predicted molar refractivity (Wildman–Crippen MR) is 67.7 cm³/mol. The SMILES string of the molecule is CC(C)CNCCN(C)CC1CC1(Cl)Cl. The van der Waals surface area contributed by atoms with E-state index < -0.39 is 4.33 Å². The minimum atomic E-state index is -0.431. The van der Waals surface area contributed by atoms with E-state index >= 15 is 0 Å². The van der Waals surface area contributed by atoms with Gasteiger partial charge in [-0.1, -0.05) is 13.8 Å². The number of nitrogens with one attached hydrogen (secondary N) is 1. The van der Waals surface area contributed by atoms with Gasteiger partial charge in [-0.3, -0.25) is 0 Å². The van der Waals surface area contributed by atoms with Crippen molar-refractivity contribution in [2.45, 2.75) is 24.6 Å². The Hall–Kier alpha value is 0.500. The lowest BCUT2D eigenvalue weighted by atomic mass is 10.2. The van der Waals surface area contributed by atoms with Crippen LogP contribution in [0.25, 0.3) is 0 Å². The van der Waals surface area contributed by atoms with Gasteiger partial charge in [-0.25, -0.2) is 0 Å². The summed E-state index contributed by atoms with van der Waals surface area (Å²) in [5.41, 5.74) is 0. The summed E-state index contributed by atoms with van der Waals surface area (Å²) in [5, 5.41) is 3.42. The molecule has 0 aromatic rings. The average molecular weight is 253 g/mol. The number of hydrogen-bond donors (Lipinski definition) is 1. The highest BCUT2D eigenvalue weighted by Gasteiger charge is 2.51. The zero-order valence-electron chi connectivity index (χ0n) is 9.89. The lowest BCUT2D eigenvalue weighted by Crippen LogP contribution is -2.32. The fraction of sp³-hybridized carbons (Fsp3) is 1.00. The highest BCUT2D eigenvalue weighted by molar-refractivity contribution is 6.50. The van der Waals surface area contributed by atoms with Crippen LogP contribution in [-0.2, 0) is 0 Å². The molecule has 1 saturated carbocycles. The predicted octanol–water partition coefficient (Wildman–Crippen LogP) is 2.36. The van der Waals surface area contributed by atoms with Crippen molar-refractivity contribution in [2.75, 3.05) is 33.2 Å². The summed E-state index contributed by atoms with van der Waals surface area (Å²) in [6.45, 7) is 8.64. The van der Waals surface area contributed by atoms with Crippen molar-refractivity contribution >= 4 is 23.2 Å². The largest absolute Gasteiger partial charge is 0.315 e. The van der Waals surface area contributed by atoms with Gasteiger partial charge in [0.25, 0.3) is 0 Å². The first-order chi connectivity index (χ1) is 6.92. The van der Waals surface area contributed by atoms with E-state index in [1.165, 1.54) is 0 Å². The van der Waals surface area contributed by atoms with E-state index in [-0.39, 0.29) is 0 Å². The van der Waals surface area contributed by atoms with E-state index in [0.717, 1.165) is 38.5 Å². The molecule has 4 heteroatoms. The van der Waals surface area contributed by atoms with Crippen molar-refractivity contribution in [1.29, 1.82) is 0 Å². The highest BCUT2D eigenvalue weighted by atomic mass is 35.5. The van der Waals surface area contributed by atoms with Crippen LogP contribution in [0, 0.1) is 11.8 Å². The zero-order chi connectivity index (χ0) is 11.5. The summed E-state index contributed by atoms with van der Waals surface area (Å²) in [5.74, 6) is 1.19. The highest BCUT2D eigenvalue weighted by Crippen LogP contribution is 2.53. The number of nitrogens with zero attached hydrogens (tertiary/aromatic N) is 1. The number of alkyl halides is 2. The molecule has 15 heavy (non-hydrogen) atoms. The van der Waals surface area contributed by atoms with Gasteiger partial charge in [-0.2, -0.15) is 0 Å². The topological polar surface area (TPSA) is 15.3 Å². The summed E-state index contributed by atoms with van der Waals surface area (Å²) >= 11 is 12.0. The van der Waals surface area contributed by atoms with Crippen LogP contribution >= 0.6 is 23.2 Å². The molecule has 1 unspecified atom stereocenters. The Bertz CT molecular complexity index is 195. The number of halogens is 2. The van der Waals surface area contributed by atoms with Crippen molar-refractivity contribution < 1.29 is 0 Å². The third-order valence-corrected chi connectivity index (χ3v) is 3.64.